The first kappa shape index (κ1) is 28.7. The van der Waals surface area contributed by atoms with Crippen LogP contribution in [-0.4, -0.2) is 47.9 Å². The molecule has 4 aromatic carbocycles. The Labute approximate surface area is 250 Å². The van der Waals surface area contributed by atoms with Crippen LogP contribution >= 0.6 is 0 Å². The summed E-state index contributed by atoms with van der Waals surface area (Å²) in [6.07, 6.45) is -0.799. The fourth-order valence-corrected chi connectivity index (χ4v) is 6.32. The predicted octanol–water partition coefficient (Wildman–Crippen LogP) is 5.72. The van der Waals surface area contributed by atoms with Crippen molar-refractivity contribution in [1.82, 2.24) is 0 Å². The SMILES string of the molecule is CCc1cc(-c2cccc(O)c2)c(Cc2cc(OC)cc3c2OC[C@H]([C@@H]2COc4ccc(OC)cc4[C@@H]2O)[C@@H]3O)cc1O. The average Bonchev–Trinajstić information content (AvgIpc) is 3.02. The third-order valence-corrected chi connectivity index (χ3v) is 8.69. The summed E-state index contributed by atoms with van der Waals surface area (Å²) < 4.78 is 23.3. The molecule has 0 radical (unpaired) electrons. The van der Waals surface area contributed by atoms with Crippen LogP contribution in [0, 0.1) is 11.8 Å². The van der Waals surface area contributed by atoms with Gasteiger partial charge in [0.1, 0.15) is 34.5 Å². The molecule has 0 saturated carbocycles. The number of fused-ring (bicyclic) bond motifs is 2. The van der Waals surface area contributed by atoms with Crippen LogP contribution in [0.15, 0.2) is 66.7 Å². The number of benzene rings is 4. The van der Waals surface area contributed by atoms with Crippen LogP contribution in [0.25, 0.3) is 11.1 Å². The topological polar surface area (TPSA) is 118 Å². The summed E-state index contributed by atoms with van der Waals surface area (Å²) in [6.45, 7) is 2.39. The summed E-state index contributed by atoms with van der Waals surface area (Å²) >= 11 is 0. The van der Waals surface area contributed by atoms with Crippen molar-refractivity contribution in [3.63, 3.8) is 0 Å². The van der Waals surface area contributed by atoms with Gasteiger partial charge in [0.25, 0.3) is 0 Å². The first-order valence-electron chi connectivity index (χ1n) is 14.5. The number of aromatic hydroxyl groups is 2. The molecule has 8 nitrogen and oxygen atoms in total. The van der Waals surface area contributed by atoms with Gasteiger partial charge in [0.2, 0.25) is 0 Å². The fraction of sp³-hybridized carbons (Fsp3) is 0.314. The van der Waals surface area contributed by atoms with Gasteiger partial charge < -0.3 is 39.4 Å². The van der Waals surface area contributed by atoms with E-state index < -0.39 is 24.0 Å². The van der Waals surface area contributed by atoms with Crippen LogP contribution in [-0.2, 0) is 12.8 Å². The smallest absolute Gasteiger partial charge is 0.128 e. The lowest BCUT2D eigenvalue weighted by Crippen LogP contribution is -2.40. The van der Waals surface area contributed by atoms with E-state index in [1.54, 1.807) is 62.8 Å². The molecular formula is C35H36O8. The highest BCUT2D eigenvalue weighted by Gasteiger charge is 2.43. The van der Waals surface area contributed by atoms with Gasteiger partial charge in [0.15, 0.2) is 0 Å². The van der Waals surface area contributed by atoms with Crippen molar-refractivity contribution in [2.75, 3.05) is 27.4 Å². The third-order valence-electron chi connectivity index (χ3n) is 8.69. The molecule has 2 aliphatic rings. The number of phenolic OH excluding ortho intramolecular Hbond substituents is 2. The molecular weight excluding hydrogens is 548 g/mol. The summed E-state index contributed by atoms with van der Waals surface area (Å²) in [5.74, 6) is 1.80. The molecule has 0 aromatic heterocycles. The van der Waals surface area contributed by atoms with Crippen LogP contribution in [0.3, 0.4) is 0 Å². The molecule has 0 bridgehead atoms. The number of aliphatic hydroxyl groups excluding tert-OH is 2. The molecule has 6 rings (SSSR count). The molecule has 4 aromatic rings. The number of aryl methyl sites for hydroxylation is 1. The number of ether oxygens (including phenoxy) is 4. The van der Waals surface area contributed by atoms with Crippen LogP contribution in [0.1, 0.15) is 46.9 Å². The van der Waals surface area contributed by atoms with Crippen molar-refractivity contribution < 1.29 is 39.4 Å². The molecule has 0 fully saturated rings. The zero-order valence-corrected chi connectivity index (χ0v) is 24.4. The Balaban J connectivity index is 1.36. The molecule has 224 valence electrons. The van der Waals surface area contributed by atoms with Gasteiger partial charge in [-0.2, -0.15) is 0 Å². The Kier molecular flexibility index (Phi) is 7.81. The zero-order valence-electron chi connectivity index (χ0n) is 24.4. The summed E-state index contributed by atoms with van der Waals surface area (Å²) in [5.41, 5.74) is 5.32. The van der Waals surface area contributed by atoms with E-state index in [0.29, 0.717) is 47.0 Å². The largest absolute Gasteiger partial charge is 0.508 e. The Bertz CT molecular complexity index is 1650. The maximum absolute atomic E-state index is 11.7. The van der Waals surface area contributed by atoms with Crippen molar-refractivity contribution in [2.45, 2.75) is 32.0 Å². The molecule has 0 unspecified atom stereocenters. The van der Waals surface area contributed by atoms with Gasteiger partial charge in [0.05, 0.1) is 39.6 Å². The highest BCUT2D eigenvalue weighted by atomic mass is 16.5. The van der Waals surface area contributed by atoms with Gasteiger partial charge in [-0.25, -0.2) is 0 Å². The molecule has 0 saturated heterocycles. The lowest BCUT2D eigenvalue weighted by atomic mass is 9.77. The molecule has 0 aliphatic carbocycles. The Morgan fingerprint density at radius 1 is 0.744 bits per heavy atom. The van der Waals surface area contributed by atoms with Gasteiger partial charge in [0, 0.05) is 34.9 Å². The first-order valence-corrected chi connectivity index (χ1v) is 14.5. The van der Waals surface area contributed by atoms with E-state index in [1.807, 2.05) is 25.1 Å². The summed E-state index contributed by atoms with van der Waals surface area (Å²) in [7, 11) is 3.14. The normalized spacial score (nSPS) is 20.8. The molecule has 0 spiro atoms. The minimum Gasteiger partial charge on any atom is -0.508 e. The van der Waals surface area contributed by atoms with E-state index in [0.717, 1.165) is 27.8 Å². The van der Waals surface area contributed by atoms with Gasteiger partial charge in [-0.15, -0.1) is 0 Å². The van der Waals surface area contributed by atoms with Crippen molar-refractivity contribution in [2.24, 2.45) is 11.8 Å². The number of aliphatic hydroxyl groups is 2. The van der Waals surface area contributed by atoms with E-state index in [9.17, 15) is 20.4 Å². The summed E-state index contributed by atoms with van der Waals surface area (Å²) in [5, 5.41) is 44.1. The summed E-state index contributed by atoms with van der Waals surface area (Å²) in [4.78, 5) is 0. The molecule has 4 N–H and O–H groups in total. The van der Waals surface area contributed by atoms with Crippen LogP contribution in [0.2, 0.25) is 0 Å². The number of hydrogen-bond donors (Lipinski definition) is 4. The van der Waals surface area contributed by atoms with Crippen molar-refractivity contribution >= 4 is 0 Å². The summed E-state index contributed by atoms with van der Waals surface area (Å²) in [6, 6.07) is 19.7. The number of phenols is 2. The second-order valence-corrected chi connectivity index (χ2v) is 11.2. The fourth-order valence-electron chi connectivity index (χ4n) is 6.32. The van der Waals surface area contributed by atoms with Crippen LogP contribution in [0.5, 0.6) is 34.5 Å². The number of rotatable bonds is 7. The Hall–Kier alpha value is -4.40. The zero-order chi connectivity index (χ0) is 30.2. The van der Waals surface area contributed by atoms with Crippen molar-refractivity contribution in [1.29, 1.82) is 0 Å². The molecule has 43 heavy (non-hydrogen) atoms. The minimum absolute atomic E-state index is 0.153. The maximum atomic E-state index is 11.7. The maximum Gasteiger partial charge on any atom is 0.128 e. The van der Waals surface area contributed by atoms with E-state index in [-0.39, 0.29) is 24.7 Å². The lowest BCUT2D eigenvalue weighted by Gasteiger charge is -2.40. The predicted molar refractivity (Wildman–Crippen MR) is 161 cm³/mol. The highest BCUT2D eigenvalue weighted by molar-refractivity contribution is 5.72. The van der Waals surface area contributed by atoms with Gasteiger partial charge in [-0.3, -0.25) is 0 Å². The van der Waals surface area contributed by atoms with E-state index >= 15 is 0 Å². The quantitative estimate of drug-likeness (QED) is 0.218. The molecule has 2 aliphatic heterocycles. The highest BCUT2D eigenvalue weighted by Crippen LogP contribution is 2.49. The average molecular weight is 585 g/mol. The van der Waals surface area contributed by atoms with Crippen molar-refractivity contribution in [3.8, 4) is 45.6 Å². The standard InChI is InChI=1S/C35H36O8/c1-4-19-13-26(20-6-5-7-23(36)11-20)21(14-31(19)37)10-22-12-25(41-3)16-28-34(39)30(18-43-35(22)28)29-17-42-32-9-8-24(40-2)15-27(32)33(29)38/h5-9,11-16,29-30,33-34,36-39H,4,10,17-18H2,1-3H3/t29-,30+,33-,34+/m0/s1. The lowest BCUT2D eigenvalue weighted by molar-refractivity contribution is -0.0554. The second-order valence-electron chi connectivity index (χ2n) is 11.2. The van der Waals surface area contributed by atoms with Gasteiger partial charge in [-0.1, -0.05) is 19.1 Å². The van der Waals surface area contributed by atoms with E-state index in [1.165, 1.54) is 0 Å². The van der Waals surface area contributed by atoms with Crippen LogP contribution < -0.4 is 18.9 Å². The molecule has 0 amide bonds. The monoisotopic (exact) mass is 584 g/mol. The Morgan fingerprint density at radius 2 is 1.47 bits per heavy atom. The van der Waals surface area contributed by atoms with E-state index in [4.69, 9.17) is 18.9 Å². The first-order chi connectivity index (χ1) is 20.8. The van der Waals surface area contributed by atoms with Crippen LogP contribution in [0.4, 0.5) is 0 Å². The third kappa shape index (κ3) is 5.32. The van der Waals surface area contributed by atoms with Crippen molar-refractivity contribution in [3.05, 3.63) is 94.5 Å². The minimum atomic E-state index is -0.950. The van der Waals surface area contributed by atoms with Gasteiger partial charge >= 0.3 is 0 Å². The number of hydrogen-bond acceptors (Lipinski definition) is 8. The Morgan fingerprint density at radius 3 is 2.19 bits per heavy atom. The molecule has 4 atom stereocenters. The van der Waals surface area contributed by atoms with Gasteiger partial charge in [-0.05, 0) is 83.3 Å². The molecule has 2 heterocycles. The molecule has 8 heteroatoms. The van der Waals surface area contributed by atoms with E-state index in [2.05, 4.69) is 0 Å². The second kappa shape index (κ2) is 11.7. The number of methoxy groups -OCH3 is 2.